The van der Waals surface area contributed by atoms with Crippen LogP contribution in [0.25, 0.3) is 0 Å². The van der Waals surface area contributed by atoms with Crippen molar-refractivity contribution in [3.8, 4) is 0 Å². The number of thioether (sulfide) groups is 1. The molecule has 116 valence electrons. The topological polar surface area (TPSA) is 26.3 Å². The van der Waals surface area contributed by atoms with E-state index in [0.29, 0.717) is 12.5 Å². The Morgan fingerprint density at radius 3 is 2.38 bits per heavy atom. The monoisotopic (exact) mass is 306 g/mol. The molecule has 1 aromatic rings. The third-order valence-electron chi connectivity index (χ3n) is 4.61. The fourth-order valence-electron chi connectivity index (χ4n) is 3.10. The molecule has 0 aliphatic heterocycles. The molecule has 0 N–H and O–H groups in total. The van der Waals surface area contributed by atoms with Crippen molar-refractivity contribution in [1.82, 2.24) is 0 Å². The summed E-state index contributed by atoms with van der Waals surface area (Å²) in [4.78, 5) is 12.2. The van der Waals surface area contributed by atoms with E-state index in [9.17, 15) is 4.79 Å². The van der Waals surface area contributed by atoms with Gasteiger partial charge < -0.3 is 4.74 Å². The van der Waals surface area contributed by atoms with Crippen molar-refractivity contribution in [3.63, 3.8) is 0 Å². The maximum Gasteiger partial charge on any atom is 0.326 e. The van der Waals surface area contributed by atoms with E-state index in [1.165, 1.54) is 37.7 Å². The maximum absolute atomic E-state index is 12.2. The van der Waals surface area contributed by atoms with E-state index in [1.54, 1.807) is 11.8 Å². The zero-order chi connectivity index (χ0) is 15.3. The summed E-state index contributed by atoms with van der Waals surface area (Å²) in [6.45, 7) is 4.23. The minimum Gasteiger partial charge on any atom is -0.465 e. The van der Waals surface area contributed by atoms with Crippen molar-refractivity contribution in [2.75, 3.05) is 12.9 Å². The number of carbonyl (C=O) groups is 1. The molecule has 1 aliphatic carbocycles. The van der Waals surface area contributed by atoms with Gasteiger partial charge in [0.1, 0.15) is 4.75 Å². The first-order valence-electron chi connectivity index (χ1n) is 7.94. The molecular formula is C18H26O2S. The highest BCUT2D eigenvalue weighted by Crippen LogP contribution is 2.38. The summed E-state index contributed by atoms with van der Waals surface area (Å²) in [6, 6.07) is 8.63. The second-order valence-electron chi connectivity index (χ2n) is 5.91. The average molecular weight is 306 g/mol. The van der Waals surface area contributed by atoms with Crippen LogP contribution in [0.3, 0.4) is 0 Å². The Balaban J connectivity index is 2.17. The van der Waals surface area contributed by atoms with Crippen LogP contribution in [0.1, 0.15) is 63.0 Å². The summed E-state index contributed by atoms with van der Waals surface area (Å²) in [6.07, 6.45) is 8.64. The van der Waals surface area contributed by atoms with E-state index in [-0.39, 0.29) is 5.97 Å². The zero-order valence-corrected chi connectivity index (χ0v) is 14.2. The van der Waals surface area contributed by atoms with Crippen LogP contribution in [-0.4, -0.2) is 18.8 Å². The summed E-state index contributed by atoms with van der Waals surface area (Å²) in [5, 5.41) is 0. The first kappa shape index (κ1) is 16.4. The minimum absolute atomic E-state index is 0.150. The van der Waals surface area contributed by atoms with E-state index >= 15 is 0 Å². The quantitative estimate of drug-likeness (QED) is 0.726. The van der Waals surface area contributed by atoms with Crippen LogP contribution >= 0.6 is 11.8 Å². The fourth-order valence-corrected chi connectivity index (χ4v) is 3.69. The number of rotatable bonds is 5. The van der Waals surface area contributed by atoms with Crippen molar-refractivity contribution in [3.05, 3.63) is 35.4 Å². The molecule has 1 unspecified atom stereocenters. The number of benzene rings is 1. The Labute approximate surface area is 132 Å². The van der Waals surface area contributed by atoms with Gasteiger partial charge in [0.15, 0.2) is 0 Å². The average Bonchev–Trinajstić information content (AvgIpc) is 2.55. The van der Waals surface area contributed by atoms with E-state index in [1.807, 2.05) is 20.1 Å². The van der Waals surface area contributed by atoms with Gasteiger partial charge in [-0.1, -0.05) is 43.5 Å². The van der Waals surface area contributed by atoms with Gasteiger partial charge in [-0.25, -0.2) is 0 Å². The molecule has 2 nitrogen and oxygen atoms in total. The Hall–Kier alpha value is -0.960. The summed E-state index contributed by atoms with van der Waals surface area (Å²) in [5.41, 5.74) is 2.46. The molecule has 1 atom stereocenters. The minimum atomic E-state index is -0.610. The van der Waals surface area contributed by atoms with Gasteiger partial charge in [0.2, 0.25) is 0 Å². The summed E-state index contributed by atoms with van der Waals surface area (Å²) in [5.74, 6) is 0.554. The highest BCUT2D eigenvalue weighted by Gasteiger charge is 2.36. The second-order valence-corrected chi connectivity index (χ2v) is 7.14. The molecule has 0 aromatic heterocycles. The third kappa shape index (κ3) is 3.63. The molecule has 0 bridgehead atoms. The molecule has 0 amide bonds. The van der Waals surface area contributed by atoms with Crippen LogP contribution in [0.4, 0.5) is 0 Å². The standard InChI is InChI=1S/C18H26O2S/c1-4-20-17(19)18(2,21-3)16-12-10-15(11-13-16)14-8-6-5-7-9-14/h10-14H,4-9H2,1-3H3. The van der Waals surface area contributed by atoms with Gasteiger partial charge in [-0.2, -0.15) is 0 Å². The lowest BCUT2D eigenvalue weighted by atomic mass is 9.83. The molecule has 1 aliphatic rings. The third-order valence-corrected chi connectivity index (χ3v) is 5.83. The predicted octanol–water partition coefficient (Wildman–Crippen LogP) is 4.88. The van der Waals surface area contributed by atoms with Crippen LogP contribution in [0.5, 0.6) is 0 Å². The van der Waals surface area contributed by atoms with Gasteiger partial charge >= 0.3 is 5.97 Å². The normalized spacial score (nSPS) is 19.0. The molecule has 2 rings (SSSR count). The number of hydrogen-bond acceptors (Lipinski definition) is 3. The Bertz CT molecular complexity index is 463. The molecule has 0 saturated heterocycles. The molecule has 0 spiro atoms. The lowest BCUT2D eigenvalue weighted by Gasteiger charge is -2.27. The van der Waals surface area contributed by atoms with Gasteiger partial charge in [-0.3, -0.25) is 4.79 Å². The highest BCUT2D eigenvalue weighted by molar-refractivity contribution is 8.00. The van der Waals surface area contributed by atoms with Gasteiger partial charge in [-0.05, 0) is 50.0 Å². The van der Waals surface area contributed by atoms with Gasteiger partial charge in [0.05, 0.1) is 6.61 Å². The molecule has 1 fully saturated rings. The molecule has 0 radical (unpaired) electrons. The van der Waals surface area contributed by atoms with Crippen molar-refractivity contribution in [2.45, 2.75) is 56.6 Å². The van der Waals surface area contributed by atoms with Crippen LogP contribution in [0.15, 0.2) is 24.3 Å². The van der Waals surface area contributed by atoms with E-state index in [4.69, 9.17) is 4.74 Å². The van der Waals surface area contributed by atoms with Crippen molar-refractivity contribution in [1.29, 1.82) is 0 Å². The summed E-state index contributed by atoms with van der Waals surface area (Å²) >= 11 is 1.54. The van der Waals surface area contributed by atoms with Gasteiger partial charge in [0, 0.05) is 0 Å². The Morgan fingerprint density at radius 2 is 1.86 bits per heavy atom. The largest absolute Gasteiger partial charge is 0.465 e. The smallest absolute Gasteiger partial charge is 0.326 e. The SMILES string of the molecule is CCOC(=O)C(C)(SC)c1ccc(C2CCCCC2)cc1. The Kier molecular flexibility index (Phi) is 5.74. The highest BCUT2D eigenvalue weighted by atomic mass is 32.2. The molecule has 1 aromatic carbocycles. The van der Waals surface area contributed by atoms with Gasteiger partial charge in [0.25, 0.3) is 0 Å². The summed E-state index contributed by atoms with van der Waals surface area (Å²) in [7, 11) is 0. The number of ether oxygens (including phenoxy) is 1. The first-order valence-corrected chi connectivity index (χ1v) is 9.17. The maximum atomic E-state index is 12.2. The zero-order valence-electron chi connectivity index (χ0n) is 13.4. The first-order chi connectivity index (χ1) is 10.1. The van der Waals surface area contributed by atoms with Crippen LogP contribution in [0.2, 0.25) is 0 Å². The van der Waals surface area contributed by atoms with Crippen molar-refractivity contribution < 1.29 is 9.53 Å². The molecule has 1 saturated carbocycles. The Morgan fingerprint density at radius 1 is 1.24 bits per heavy atom. The van der Waals surface area contributed by atoms with Crippen molar-refractivity contribution in [2.24, 2.45) is 0 Å². The van der Waals surface area contributed by atoms with Crippen molar-refractivity contribution >= 4 is 17.7 Å². The van der Waals surface area contributed by atoms with Crippen LogP contribution in [-0.2, 0) is 14.3 Å². The number of esters is 1. The second kappa shape index (κ2) is 7.35. The van der Waals surface area contributed by atoms with E-state index in [0.717, 1.165) is 5.56 Å². The molecular weight excluding hydrogens is 280 g/mol. The number of hydrogen-bond donors (Lipinski definition) is 0. The summed E-state index contributed by atoms with van der Waals surface area (Å²) < 4.78 is 4.63. The predicted molar refractivity (Wildman–Crippen MR) is 89.8 cm³/mol. The van der Waals surface area contributed by atoms with E-state index < -0.39 is 4.75 Å². The molecule has 21 heavy (non-hydrogen) atoms. The molecule has 0 heterocycles. The van der Waals surface area contributed by atoms with Gasteiger partial charge in [-0.15, -0.1) is 11.8 Å². The lowest BCUT2D eigenvalue weighted by molar-refractivity contribution is -0.145. The van der Waals surface area contributed by atoms with Crippen LogP contribution < -0.4 is 0 Å². The molecule has 3 heteroatoms. The number of carbonyl (C=O) groups excluding carboxylic acids is 1. The van der Waals surface area contributed by atoms with Crippen LogP contribution in [0, 0.1) is 0 Å². The fraction of sp³-hybridized carbons (Fsp3) is 0.611. The lowest BCUT2D eigenvalue weighted by Crippen LogP contribution is -2.30. The van der Waals surface area contributed by atoms with E-state index in [2.05, 4.69) is 24.3 Å².